The van der Waals surface area contributed by atoms with Crippen molar-refractivity contribution in [3.05, 3.63) is 201 Å². The van der Waals surface area contributed by atoms with Crippen molar-refractivity contribution in [3.8, 4) is 0 Å². The minimum Gasteiger partial charge on any atom is -0.486 e. The number of rotatable bonds is 8. The second-order valence-corrected chi connectivity index (χ2v) is 37.4. The number of hydrogen-bond donors (Lipinski definition) is 0. The molecule has 4 nitrogen and oxygen atoms in total. The summed E-state index contributed by atoms with van der Waals surface area (Å²) in [7, 11) is -6.96. The number of benzene rings is 6. The van der Waals surface area contributed by atoms with E-state index in [0.717, 1.165) is 76.7 Å². The lowest BCUT2D eigenvalue weighted by molar-refractivity contribution is -0.00763. The first-order valence-corrected chi connectivity index (χ1v) is 33.1. The molecule has 2 atom stereocenters. The third-order valence-corrected chi connectivity index (χ3v) is 22.9. The van der Waals surface area contributed by atoms with Gasteiger partial charge in [-0.05, 0) is 160 Å². The second-order valence-electron chi connectivity index (χ2n) is 31.9. The Morgan fingerprint density at radius 3 is 1.02 bits per heavy atom. The highest BCUT2D eigenvalue weighted by Crippen LogP contribution is 2.51. The average molecular weight is 1130 g/mol. The lowest BCUT2D eigenvalue weighted by Gasteiger charge is -2.33. The molecule has 0 N–H and O–H groups in total. The minimum absolute atomic E-state index is 0.123. The Kier molecular flexibility index (Phi) is 16.0. The van der Waals surface area contributed by atoms with Crippen molar-refractivity contribution in [1.29, 1.82) is 0 Å². The Bertz CT molecular complexity index is 3340. The van der Waals surface area contributed by atoms with Gasteiger partial charge in [0, 0.05) is 37.7 Å². The number of fused-ring (bicyclic) bond motifs is 1. The van der Waals surface area contributed by atoms with Gasteiger partial charge in [-0.2, -0.15) is 0 Å². The van der Waals surface area contributed by atoms with Gasteiger partial charge in [0.05, 0.1) is 0 Å². The largest absolute Gasteiger partial charge is 0.486 e. The zero-order valence-electron chi connectivity index (χ0n) is 54.1. The van der Waals surface area contributed by atoms with Gasteiger partial charge in [0.1, 0.15) is 6.61 Å². The molecule has 0 amide bonds. The SMILES string of the molecule is CC(C)(C)c1cccc(P(=O)(c2cccc(C(C)(C)C)c2)c2ccc(C3COC4=CC(c5ccc(P(=O)(c6cc(C(C)(C)C)cc(C(C)(C)C)c6)c6cc(C(C)(C)C)cc(C(C)(C)C)c6)cc5C(C)(C)C)C=C4O3)c(C(C)(C)C)c2)c1. The van der Waals surface area contributed by atoms with Crippen LogP contribution in [0.25, 0.3) is 0 Å². The normalized spacial score (nSPS) is 17.0. The van der Waals surface area contributed by atoms with Crippen LogP contribution in [0.5, 0.6) is 0 Å². The van der Waals surface area contributed by atoms with Crippen LogP contribution in [0.1, 0.15) is 234 Å². The molecule has 0 radical (unpaired) electrons. The van der Waals surface area contributed by atoms with E-state index in [0.29, 0.717) is 6.61 Å². The summed E-state index contributed by atoms with van der Waals surface area (Å²) in [5.74, 6) is 1.32. The van der Waals surface area contributed by atoms with Gasteiger partial charge in [0.25, 0.3) is 0 Å². The van der Waals surface area contributed by atoms with E-state index >= 15 is 9.13 Å². The molecule has 0 saturated carbocycles. The first-order chi connectivity index (χ1) is 36.9. The van der Waals surface area contributed by atoms with Crippen molar-refractivity contribution in [2.75, 3.05) is 6.61 Å². The Morgan fingerprint density at radius 2 is 0.654 bits per heavy atom. The molecule has 1 fully saturated rings. The van der Waals surface area contributed by atoms with Gasteiger partial charge in [-0.15, -0.1) is 0 Å². The molecule has 0 spiro atoms. The monoisotopic (exact) mass is 1120 g/mol. The fourth-order valence-corrected chi connectivity index (χ4v) is 16.8. The lowest BCUT2D eigenvalue weighted by atomic mass is 9.80. The molecule has 0 aromatic heterocycles. The van der Waals surface area contributed by atoms with Crippen LogP contribution in [0.4, 0.5) is 0 Å². The summed E-state index contributed by atoms with van der Waals surface area (Å²) >= 11 is 0. The highest BCUT2D eigenvalue weighted by molar-refractivity contribution is 7.85. The maximum atomic E-state index is 17.4. The Labute approximate surface area is 490 Å². The summed E-state index contributed by atoms with van der Waals surface area (Å²) in [5, 5.41) is 5.06. The third-order valence-electron chi connectivity index (χ3n) is 16.9. The van der Waals surface area contributed by atoms with Gasteiger partial charge < -0.3 is 18.6 Å². The highest BCUT2D eigenvalue weighted by Gasteiger charge is 2.40. The fraction of sp³-hybridized carbons (Fsp3) is 0.467. The van der Waals surface area contributed by atoms with Crippen molar-refractivity contribution in [1.82, 2.24) is 0 Å². The third kappa shape index (κ3) is 12.6. The maximum Gasteiger partial charge on any atom is 0.171 e. The highest BCUT2D eigenvalue weighted by atomic mass is 31.2. The molecule has 81 heavy (non-hydrogen) atoms. The second kappa shape index (κ2) is 20.9. The average Bonchev–Trinajstić information content (AvgIpc) is 3.86. The fourth-order valence-electron chi connectivity index (χ4n) is 11.3. The van der Waals surface area contributed by atoms with Crippen molar-refractivity contribution in [3.63, 3.8) is 0 Å². The van der Waals surface area contributed by atoms with Crippen LogP contribution in [-0.2, 0) is 61.9 Å². The number of allylic oxidation sites excluding steroid dienone is 2. The van der Waals surface area contributed by atoms with E-state index in [9.17, 15) is 0 Å². The summed E-state index contributed by atoms with van der Waals surface area (Å²) in [5.41, 5.74) is 9.83. The molecule has 1 aliphatic heterocycles. The quantitative estimate of drug-likeness (QED) is 0.143. The van der Waals surface area contributed by atoms with E-state index in [2.05, 4.69) is 300 Å². The molecule has 1 saturated heterocycles. The van der Waals surface area contributed by atoms with Gasteiger partial charge in [-0.3, -0.25) is 0 Å². The summed E-state index contributed by atoms with van der Waals surface area (Å²) in [6, 6.07) is 43.6. The molecule has 2 unspecified atom stereocenters. The van der Waals surface area contributed by atoms with Crippen LogP contribution in [0, 0.1) is 0 Å². The van der Waals surface area contributed by atoms with Gasteiger partial charge >= 0.3 is 0 Å². The van der Waals surface area contributed by atoms with Gasteiger partial charge in [-0.25, -0.2) is 0 Å². The predicted molar refractivity (Wildman–Crippen MR) is 350 cm³/mol. The van der Waals surface area contributed by atoms with Gasteiger partial charge in [-0.1, -0.05) is 239 Å². The van der Waals surface area contributed by atoms with Crippen LogP contribution in [0.15, 0.2) is 145 Å². The maximum absolute atomic E-state index is 17.4. The van der Waals surface area contributed by atoms with E-state index in [-0.39, 0.29) is 49.2 Å². The first kappa shape index (κ1) is 61.9. The molecule has 8 rings (SSSR count). The standard InChI is InChI=1S/C75H98O4P2/c1-68(2,3)49-27-25-29-55(39-49)80(76,56-30-26-28-50(40-56)69(4,5)6)57-32-34-62(64(46-57)75(22,23)24)67-47-78-65-35-48(36-66(65)79-67)61-33-31-58(45-63(61)74(19,20)21)81(77,59-41-51(70(7,8)9)37-52(42-59)71(10,11)12)60-43-53(72(13,14)15)38-54(44-60)73(16,17)18/h25-46,48,67H,47H2,1-24H3. The van der Waals surface area contributed by atoms with E-state index in [1.807, 2.05) is 0 Å². The Hall–Kier alpha value is -5.14. The molecule has 6 aromatic rings. The van der Waals surface area contributed by atoms with Crippen molar-refractivity contribution < 1.29 is 18.6 Å². The van der Waals surface area contributed by atoms with Crippen molar-refractivity contribution in [2.24, 2.45) is 0 Å². The summed E-state index contributed by atoms with van der Waals surface area (Å²) < 4.78 is 47.7. The van der Waals surface area contributed by atoms with E-state index in [1.54, 1.807) is 0 Å². The summed E-state index contributed by atoms with van der Waals surface area (Å²) in [6.07, 6.45) is 4.00. The molecular weight excluding hydrogens is 1030 g/mol. The topological polar surface area (TPSA) is 52.6 Å². The predicted octanol–water partition coefficient (Wildman–Crippen LogP) is 18.0. The molecule has 6 heteroatoms. The van der Waals surface area contributed by atoms with Crippen LogP contribution < -0.4 is 31.8 Å². The molecule has 1 heterocycles. The summed E-state index contributed by atoms with van der Waals surface area (Å²) in [6.45, 7) is 54.2. The summed E-state index contributed by atoms with van der Waals surface area (Å²) in [4.78, 5) is 0. The molecule has 2 aliphatic rings. The zero-order valence-corrected chi connectivity index (χ0v) is 55.9. The van der Waals surface area contributed by atoms with Crippen molar-refractivity contribution in [2.45, 2.75) is 222 Å². The van der Waals surface area contributed by atoms with Gasteiger partial charge in [0.2, 0.25) is 0 Å². The number of ether oxygens (including phenoxy) is 2. The lowest BCUT2D eigenvalue weighted by Crippen LogP contribution is -2.31. The van der Waals surface area contributed by atoms with E-state index < -0.39 is 20.4 Å². The zero-order chi connectivity index (χ0) is 60.2. The molecule has 432 valence electrons. The van der Waals surface area contributed by atoms with Crippen molar-refractivity contribution >= 4 is 46.1 Å². The number of hydrogen-bond acceptors (Lipinski definition) is 4. The van der Waals surface area contributed by atoms with Crippen LogP contribution in [0.3, 0.4) is 0 Å². The van der Waals surface area contributed by atoms with Gasteiger partial charge in [0.15, 0.2) is 31.9 Å². The molecule has 1 aliphatic carbocycles. The minimum atomic E-state index is -3.56. The van der Waals surface area contributed by atoms with Crippen LogP contribution in [-0.4, -0.2) is 6.61 Å². The Balaban J connectivity index is 1.25. The molecular formula is C75H98O4P2. The molecule has 0 bridgehead atoms. The Morgan fingerprint density at radius 1 is 0.333 bits per heavy atom. The van der Waals surface area contributed by atoms with E-state index in [4.69, 9.17) is 9.47 Å². The van der Waals surface area contributed by atoms with Crippen LogP contribution in [0.2, 0.25) is 0 Å². The smallest absolute Gasteiger partial charge is 0.171 e. The van der Waals surface area contributed by atoms with Crippen LogP contribution >= 0.6 is 14.3 Å². The van der Waals surface area contributed by atoms with E-state index in [1.165, 1.54) is 22.3 Å². The molecule has 6 aromatic carbocycles. The first-order valence-electron chi connectivity index (χ1n) is 29.7.